The second kappa shape index (κ2) is 3.59. The Balaban J connectivity index is 1.91. The first-order valence-electron chi connectivity index (χ1n) is 4.56. The summed E-state index contributed by atoms with van der Waals surface area (Å²) in [4.78, 5) is 0. The Kier molecular flexibility index (Phi) is 2.25. The summed E-state index contributed by atoms with van der Waals surface area (Å²) < 4.78 is 11.2. The van der Waals surface area contributed by atoms with Crippen molar-refractivity contribution in [2.75, 3.05) is 18.3 Å². The van der Waals surface area contributed by atoms with Gasteiger partial charge in [-0.2, -0.15) is 0 Å². The summed E-state index contributed by atoms with van der Waals surface area (Å²) in [5.74, 6) is 4.28. The molecule has 2 heterocycles. The largest absolute Gasteiger partial charge is 0.454 e. The summed E-state index contributed by atoms with van der Waals surface area (Å²) >= 11 is 4.02. The van der Waals surface area contributed by atoms with E-state index in [0.717, 1.165) is 11.5 Å². The van der Waals surface area contributed by atoms with Crippen molar-refractivity contribution in [1.82, 2.24) is 0 Å². The topological polar surface area (TPSA) is 18.5 Å². The van der Waals surface area contributed by atoms with Crippen LogP contribution in [0.1, 0.15) is 10.1 Å². The number of rotatable bonds is 1. The molecule has 0 saturated carbocycles. The maximum atomic E-state index is 5.36. The van der Waals surface area contributed by atoms with E-state index in [1.165, 1.54) is 17.1 Å². The van der Waals surface area contributed by atoms with E-state index >= 15 is 0 Å². The summed E-state index contributed by atoms with van der Waals surface area (Å²) in [6.07, 6.45) is 0. The van der Waals surface area contributed by atoms with Gasteiger partial charge >= 0.3 is 0 Å². The Morgan fingerprint density at radius 1 is 1.07 bits per heavy atom. The van der Waals surface area contributed by atoms with Crippen molar-refractivity contribution in [2.45, 2.75) is 4.58 Å². The molecule has 1 aromatic carbocycles. The molecule has 0 amide bonds. The van der Waals surface area contributed by atoms with Crippen LogP contribution in [0.2, 0.25) is 0 Å². The minimum Gasteiger partial charge on any atom is -0.454 e. The van der Waals surface area contributed by atoms with Gasteiger partial charge in [0, 0.05) is 11.5 Å². The van der Waals surface area contributed by atoms with E-state index in [9.17, 15) is 0 Å². The van der Waals surface area contributed by atoms with Gasteiger partial charge in [-0.05, 0) is 17.7 Å². The molecule has 0 atom stereocenters. The molecule has 0 bridgehead atoms. The molecule has 0 aliphatic carbocycles. The smallest absolute Gasteiger partial charge is 0.231 e. The van der Waals surface area contributed by atoms with Gasteiger partial charge in [-0.25, -0.2) is 0 Å². The molecular weight excluding hydrogens is 216 g/mol. The highest BCUT2D eigenvalue weighted by molar-refractivity contribution is 8.19. The maximum Gasteiger partial charge on any atom is 0.231 e. The molecule has 1 saturated heterocycles. The third-order valence-electron chi connectivity index (χ3n) is 2.29. The van der Waals surface area contributed by atoms with E-state index in [-0.39, 0.29) is 0 Å². The number of hydrogen-bond donors (Lipinski definition) is 0. The Bertz CT molecular complexity index is 348. The van der Waals surface area contributed by atoms with E-state index in [0.29, 0.717) is 11.4 Å². The Morgan fingerprint density at radius 2 is 1.86 bits per heavy atom. The lowest BCUT2D eigenvalue weighted by atomic mass is 10.2. The van der Waals surface area contributed by atoms with Gasteiger partial charge in [0.1, 0.15) is 0 Å². The Morgan fingerprint density at radius 3 is 2.71 bits per heavy atom. The first kappa shape index (κ1) is 8.80. The van der Waals surface area contributed by atoms with Crippen molar-refractivity contribution in [2.24, 2.45) is 0 Å². The van der Waals surface area contributed by atoms with Crippen LogP contribution in [0.25, 0.3) is 0 Å². The monoisotopic (exact) mass is 226 g/mol. The van der Waals surface area contributed by atoms with E-state index < -0.39 is 0 Å². The minimum atomic E-state index is 0.365. The Hall–Kier alpha value is -0.480. The van der Waals surface area contributed by atoms with E-state index in [4.69, 9.17) is 9.47 Å². The van der Waals surface area contributed by atoms with Crippen molar-refractivity contribution in [3.63, 3.8) is 0 Å². The zero-order valence-corrected chi connectivity index (χ0v) is 9.20. The highest BCUT2D eigenvalue weighted by atomic mass is 32.2. The zero-order chi connectivity index (χ0) is 9.38. The Labute approximate surface area is 91.4 Å². The van der Waals surface area contributed by atoms with Crippen LogP contribution in [-0.2, 0) is 0 Å². The summed E-state index contributed by atoms with van der Waals surface area (Å²) in [5, 5.41) is 0. The van der Waals surface area contributed by atoms with Gasteiger partial charge in [-0.3, -0.25) is 0 Å². The summed E-state index contributed by atoms with van der Waals surface area (Å²) in [7, 11) is 0. The SMILES string of the molecule is c1cc2c(cc1C1SCCS1)OCO2. The second-order valence-corrected chi connectivity index (χ2v) is 5.91. The van der Waals surface area contributed by atoms with Crippen molar-refractivity contribution in [3.05, 3.63) is 23.8 Å². The fourth-order valence-electron chi connectivity index (χ4n) is 1.61. The average Bonchev–Trinajstić information content (AvgIpc) is 2.88. The standard InChI is InChI=1S/C10H10O2S2/c1-2-8-9(12-6-11-8)5-7(1)10-13-3-4-14-10/h1-2,5,10H,3-4,6H2. The highest BCUT2D eigenvalue weighted by Crippen LogP contribution is 2.47. The molecule has 0 radical (unpaired) electrons. The van der Waals surface area contributed by atoms with Gasteiger partial charge < -0.3 is 9.47 Å². The molecule has 2 aliphatic rings. The summed E-state index contributed by atoms with van der Waals surface area (Å²) in [6, 6.07) is 6.26. The average molecular weight is 226 g/mol. The first-order valence-corrected chi connectivity index (χ1v) is 6.66. The van der Waals surface area contributed by atoms with Gasteiger partial charge in [-0.15, -0.1) is 23.5 Å². The van der Waals surface area contributed by atoms with Gasteiger partial charge in [0.2, 0.25) is 6.79 Å². The number of hydrogen-bond acceptors (Lipinski definition) is 4. The van der Waals surface area contributed by atoms with Gasteiger partial charge in [-0.1, -0.05) is 6.07 Å². The van der Waals surface area contributed by atoms with Crippen LogP contribution >= 0.6 is 23.5 Å². The van der Waals surface area contributed by atoms with Gasteiger partial charge in [0.15, 0.2) is 11.5 Å². The fourth-order valence-corrected chi connectivity index (χ4v) is 4.45. The third kappa shape index (κ3) is 1.46. The lowest BCUT2D eigenvalue weighted by Crippen LogP contribution is -1.92. The molecule has 0 spiro atoms. The number of ether oxygens (including phenoxy) is 2. The highest BCUT2D eigenvalue weighted by Gasteiger charge is 2.21. The second-order valence-electron chi connectivity index (χ2n) is 3.19. The van der Waals surface area contributed by atoms with Crippen LogP contribution < -0.4 is 9.47 Å². The number of benzene rings is 1. The fraction of sp³-hybridized carbons (Fsp3) is 0.400. The maximum absolute atomic E-state index is 5.36. The zero-order valence-electron chi connectivity index (χ0n) is 7.56. The third-order valence-corrected chi connectivity index (χ3v) is 5.39. The van der Waals surface area contributed by atoms with Crippen LogP contribution in [0.15, 0.2) is 18.2 Å². The molecular formula is C10H10O2S2. The predicted octanol–water partition coefficient (Wildman–Crippen LogP) is 2.89. The van der Waals surface area contributed by atoms with Crippen LogP contribution in [0.4, 0.5) is 0 Å². The van der Waals surface area contributed by atoms with E-state index in [1.807, 2.05) is 29.6 Å². The molecule has 0 aromatic heterocycles. The molecule has 1 fully saturated rings. The van der Waals surface area contributed by atoms with E-state index in [2.05, 4.69) is 12.1 Å². The molecule has 0 unspecified atom stereocenters. The number of fused-ring (bicyclic) bond motifs is 1. The summed E-state index contributed by atoms with van der Waals surface area (Å²) in [5.41, 5.74) is 1.35. The summed E-state index contributed by atoms with van der Waals surface area (Å²) in [6.45, 7) is 0.365. The van der Waals surface area contributed by atoms with Crippen molar-refractivity contribution >= 4 is 23.5 Å². The normalized spacial score (nSPS) is 20.3. The molecule has 2 nitrogen and oxygen atoms in total. The molecule has 3 rings (SSSR count). The van der Waals surface area contributed by atoms with Crippen molar-refractivity contribution < 1.29 is 9.47 Å². The molecule has 4 heteroatoms. The molecule has 2 aliphatic heterocycles. The molecule has 74 valence electrons. The van der Waals surface area contributed by atoms with Gasteiger partial charge in [0.25, 0.3) is 0 Å². The molecule has 14 heavy (non-hydrogen) atoms. The quantitative estimate of drug-likeness (QED) is 0.732. The molecule has 1 aromatic rings. The van der Waals surface area contributed by atoms with Crippen LogP contribution in [0.5, 0.6) is 11.5 Å². The van der Waals surface area contributed by atoms with Crippen LogP contribution in [-0.4, -0.2) is 18.3 Å². The number of thioether (sulfide) groups is 2. The van der Waals surface area contributed by atoms with Crippen molar-refractivity contribution in [3.8, 4) is 11.5 Å². The van der Waals surface area contributed by atoms with Crippen LogP contribution in [0, 0.1) is 0 Å². The van der Waals surface area contributed by atoms with Gasteiger partial charge in [0.05, 0.1) is 4.58 Å². The first-order chi connectivity index (χ1) is 6.93. The lowest BCUT2D eigenvalue weighted by Gasteiger charge is -2.08. The molecule has 0 N–H and O–H groups in total. The van der Waals surface area contributed by atoms with Crippen LogP contribution in [0.3, 0.4) is 0 Å². The minimum absolute atomic E-state index is 0.365. The van der Waals surface area contributed by atoms with E-state index in [1.54, 1.807) is 0 Å². The lowest BCUT2D eigenvalue weighted by molar-refractivity contribution is 0.174. The predicted molar refractivity (Wildman–Crippen MR) is 60.2 cm³/mol. The van der Waals surface area contributed by atoms with Crippen molar-refractivity contribution in [1.29, 1.82) is 0 Å².